The van der Waals surface area contributed by atoms with Crippen LogP contribution in [0.3, 0.4) is 0 Å². The van der Waals surface area contributed by atoms with E-state index >= 15 is 0 Å². The Bertz CT molecular complexity index is 570. The molecule has 0 unspecified atom stereocenters. The van der Waals surface area contributed by atoms with E-state index in [0.29, 0.717) is 11.8 Å². The number of carbonyl (C=O) groups excluding carboxylic acids is 2. The smallest absolute Gasteiger partial charge is 0.309 e. The molecule has 138 valence electrons. The fourth-order valence-corrected chi connectivity index (χ4v) is 3.14. The normalized spacial score (nSPS) is 22.9. The number of ether oxygens (including phenoxy) is 2. The predicted octanol–water partition coefficient (Wildman–Crippen LogP) is 3.25. The van der Waals surface area contributed by atoms with Crippen LogP contribution in [0.25, 0.3) is 0 Å². The standard InChI is InChI=1S/C20H29NO4/c1-14-7-9-17(10-8-14)24-12-11-20(23)25-13-19(22)21-18-6-4-5-15(2)16(18)3/h7-10,15-16,18H,4-6,11-13H2,1-3H3,(H,21,22)/t15-,16-,18+/m0/s1. The second-order valence-corrected chi connectivity index (χ2v) is 7.01. The van der Waals surface area contributed by atoms with Gasteiger partial charge in [0.15, 0.2) is 6.61 Å². The van der Waals surface area contributed by atoms with Crippen molar-refractivity contribution in [3.05, 3.63) is 29.8 Å². The second kappa shape index (κ2) is 9.44. The Hall–Kier alpha value is -2.04. The Morgan fingerprint density at radius 3 is 2.60 bits per heavy atom. The number of nitrogens with one attached hydrogen (secondary N) is 1. The van der Waals surface area contributed by atoms with Crippen molar-refractivity contribution >= 4 is 11.9 Å². The van der Waals surface area contributed by atoms with Crippen molar-refractivity contribution in [2.75, 3.05) is 13.2 Å². The highest BCUT2D eigenvalue weighted by Gasteiger charge is 2.28. The molecular weight excluding hydrogens is 318 g/mol. The highest BCUT2D eigenvalue weighted by molar-refractivity contribution is 5.80. The van der Waals surface area contributed by atoms with Gasteiger partial charge in [0.05, 0.1) is 13.0 Å². The molecular formula is C20H29NO4. The summed E-state index contributed by atoms with van der Waals surface area (Å²) in [4.78, 5) is 23.7. The predicted molar refractivity (Wildman–Crippen MR) is 96.4 cm³/mol. The first kappa shape index (κ1) is 19.3. The van der Waals surface area contributed by atoms with Crippen molar-refractivity contribution in [2.45, 2.75) is 52.5 Å². The first-order valence-electron chi connectivity index (χ1n) is 9.10. The lowest BCUT2D eigenvalue weighted by Crippen LogP contribution is -2.45. The monoisotopic (exact) mass is 347 g/mol. The van der Waals surface area contributed by atoms with Crippen LogP contribution in [0.2, 0.25) is 0 Å². The van der Waals surface area contributed by atoms with E-state index in [2.05, 4.69) is 19.2 Å². The van der Waals surface area contributed by atoms with Gasteiger partial charge in [-0.3, -0.25) is 9.59 Å². The van der Waals surface area contributed by atoms with Gasteiger partial charge >= 0.3 is 5.97 Å². The molecule has 25 heavy (non-hydrogen) atoms. The van der Waals surface area contributed by atoms with Gasteiger partial charge < -0.3 is 14.8 Å². The first-order chi connectivity index (χ1) is 12.0. The Kier molecular flexibility index (Phi) is 7.29. The molecule has 2 rings (SSSR count). The summed E-state index contributed by atoms with van der Waals surface area (Å²) < 4.78 is 10.5. The molecule has 1 N–H and O–H groups in total. The third-order valence-electron chi connectivity index (χ3n) is 5.01. The number of aryl methyl sites for hydroxylation is 1. The van der Waals surface area contributed by atoms with Gasteiger partial charge in [0.1, 0.15) is 5.75 Å². The van der Waals surface area contributed by atoms with Crippen LogP contribution in [-0.4, -0.2) is 31.1 Å². The molecule has 5 nitrogen and oxygen atoms in total. The van der Waals surface area contributed by atoms with E-state index in [1.165, 1.54) is 6.42 Å². The lowest BCUT2D eigenvalue weighted by atomic mass is 9.78. The molecule has 0 aromatic heterocycles. The highest BCUT2D eigenvalue weighted by Crippen LogP contribution is 2.29. The van der Waals surface area contributed by atoms with E-state index in [0.717, 1.165) is 24.2 Å². The van der Waals surface area contributed by atoms with Crippen molar-refractivity contribution in [1.29, 1.82) is 0 Å². The van der Waals surface area contributed by atoms with E-state index < -0.39 is 5.97 Å². The zero-order valence-corrected chi connectivity index (χ0v) is 15.4. The Labute approximate surface area is 150 Å². The summed E-state index contributed by atoms with van der Waals surface area (Å²) in [5.41, 5.74) is 1.15. The van der Waals surface area contributed by atoms with Gasteiger partial charge in [-0.25, -0.2) is 0 Å². The van der Waals surface area contributed by atoms with Crippen LogP contribution in [0.4, 0.5) is 0 Å². The van der Waals surface area contributed by atoms with Crippen LogP contribution < -0.4 is 10.1 Å². The summed E-state index contributed by atoms with van der Waals surface area (Å²) in [6, 6.07) is 7.80. The average Bonchev–Trinajstić information content (AvgIpc) is 2.59. The SMILES string of the molecule is Cc1ccc(OCCC(=O)OCC(=O)N[C@@H]2CCC[C@H](C)[C@@H]2C)cc1. The highest BCUT2D eigenvalue weighted by atomic mass is 16.5. The first-order valence-corrected chi connectivity index (χ1v) is 9.10. The number of rotatable bonds is 7. The van der Waals surface area contributed by atoms with Crippen molar-refractivity contribution in [1.82, 2.24) is 5.32 Å². The summed E-state index contributed by atoms with van der Waals surface area (Å²) in [7, 11) is 0. The molecule has 1 fully saturated rings. The van der Waals surface area contributed by atoms with Crippen LogP contribution in [0, 0.1) is 18.8 Å². The third kappa shape index (κ3) is 6.40. The molecule has 3 atom stereocenters. The number of amides is 1. The molecule has 1 saturated carbocycles. The van der Waals surface area contributed by atoms with E-state index in [1.807, 2.05) is 31.2 Å². The minimum absolute atomic E-state index is 0.123. The van der Waals surface area contributed by atoms with E-state index in [4.69, 9.17) is 9.47 Å². The van der Waals surface area contributed by atoms with Gasteiger partial charge in [0.2, 0.25) is 0 Å². The molecule has 5 heteroatoms. The zero-order valence-electron chi connectivity index (χ0n) is 15.4. The van der Waals surface area contributed by atoms with Gasteiger partial charge in [-0.1, -0.05) is 44.4 Å². The quantitative estimate of drug-likeness (QED) is 0.769. The van der Waals surface area contributed by atoms with Gasteiger partial charge in [0.25, 0.3) is 5.91 Å². The zero-order chi connectivity index (χ0) is 18.2. The van der Waals surface area contributed by atoms with Gasteiger partial charge in [-0.15, -0.1) is 0 Å². The van der Waals surface area contributed by atoms with E-state index in [9.17, 15) is 9.59 Å². The Morgan fingerprint density at radius 2 is 1.88 bits per heavy atom. The summed E-state index contributed by atoms with van der Waals surface area (Å²) >= 11 is 0. The van der Waals surface area contributed by atoms with Crippen LogP contribution in [0.1, 0.15) is 45.1 Å². The van der Waals surface area contributed by atoms with Crippen LogP contribution >= 0.6 is 0 Å². The number of benzene rings is 1. The van der Waals surface area contributed by atoms with Gasteiger partial charge in [-0.05, 0) is 37.3 Å². The van der Waals surface area contributed by atoms with Crippen LogP contribution in [-0.2, 0) is 14.3 Å². The molecule has 1 aliphatic carbocycles. The van der Waals surface area contributed by atoms with Crippen LogP contribution in [0.15, 0.2) is 24.3 Å². The summed E-state index contributed by atoms with van der Waals surface area (Å²) in [5, 5.41) is 2.99. The molecule has 1 amide bonds. The molecule has 0 bridgehead atoms. The fraction of sp³-hybridized carbons (Fsp3) is 0.600. The number of esters is 1. The molecule has 1 aliphatic rings. The Balaban J connectivity index is 1.62. The van der Waals surface area contributed by atoms with Crippen molar-refractivity contribution < 1.29 is 19.1 Å². The van der Waals surface area contributed by atoms with Crippen molar-refractivity contribution in [2.24, 2.45) is 11.8 Å². The minimum atomic E-state index is -0.424. The maximum Gasteiger partial charge on any atom is 0.309 e. The second-order valence-electron chi connectivity index (χ2n) is 7.01. The van der Waals surface area contributed by atoms with E-state index in [1.54, 1.807) is 0 Å². The molecule has 0 radical (unpaired) electrons. The molecule has 0 heterocycles. The molecule has 0 aliphatic heterocycles. The van der Waals surface area contributed by atoms with Crippen LogP contribution in [0.5, 0.6) is 5.75 Å². The summed E-state index contributed by atoms with van der Waals surface area (Å²) in [6.45, 7) is 6.41. The number of carbonyl (C=O) groups is 2. The topological polar surface area (TPSA) is 64.6 Å². The lowest BCUT2D eigenvalue weighted by molar-refractivity contribution is -0.149. The maximum atomic E-state index is 12.0. The van der Waals surface area contributed by atoms with Gasteiger partial charge in [0, 0.05) is 6.04 Å². The van der Waals surface area contributed by atoms with E-state index in [-0.39, 0.29) is 31.6 Å². The number of hydrogen-bond donors (Lipinski definition) is 1. The largest absolute Gasteiger partial charge is 0.493 e. The van der Waals surface area contributed by atoms with Crippen molar-refractivity contribution in [3.8, 4) is 5.75 Å². The van der Waals surface area contributed by atoms with Gasteiger partial charge in [-0.2, -0.15) is 0 Å². The molecule has 1 aromatic carbocycles. The maximum absolute atomic E-state index is 12.0. The molecule has 1 aromatic rings. The average molecular weight is 347 g/mol. The van der Waals surface area contributed by atoms with Crippen molar-refractivity contribution in [3.63, 3.8) is 0 Å². The summed E-state index contributed by atoms with van der Waals surface area (Å²) in [5.74, 6) is 1.14. The Morgan fingerprint density at radius 1 is 1.16 bits per heavy atom. The molecule has 0 spiro atoms. The minimum Gasteiger partial charge on any atom is -0.493 e. The molecule has 0 saturated heterocycles. The lowest BCUT2D eigenvalue weighted by Gasteiger charge is -2.34. The number of hydrogen-bond acceptors (Lipinski definition) is 4. The fourth-order valence-electron chi connectivity index (χ4n) is 3.14. The summed E-state index contributed by atoms with van der Waals surface area (Å²) in [6.07, 6.45) is 3.46. The third-order valence-corrected chi connectivity index (χ3v) is 5.01.